The fourth-order valence-electron chi connectivity index (χ4n) is 2.21. The zero-order chi connectivity index (χ0) is 13.2. The Morgan fingerprint density at radius 3 is 2.89 bits per heavy atom. The molecular weight excluding hydrogens is 354 g/mol. The Balaban J connectivity index is 2.07. The molecule has 1 aliphatic carbocycles. The summed E-state index contributed by atoms with van der Waals surface area (Å²) in [5.41, 5.74) is 0. The van der Waals surface area contributed by atoms with Crippen LogP contribution in [-0.2, 0) is 10.0 Å². The Labute approximate surface area is 125 Å². The standard InChI is InChI=1S/C11H16BrNO2S3/c1-16-9-4-2-3-8(7-9)13-18(14,15)11-10(12)5-6-17-11/h5-6,8-9,13H,2-4,7H2,1H3. The van der Waals surface area contributed by atoms with Crippen LogP contribution in [0.5, 0.6) is 0 Å². The molecule has 0 amide bonds. The van der Waals surface area contributed by atoms with E-state index in [1.54, 1.807) is 11.4 Å². The summed E-state index contributed by atoms with van der Waals surface area (Å²) in [6.07, 6.45) is 6.27. The molecule has 1 fully saturated rings. The van der Waals surface area contributed by atoms with Crippen LogP contribution in [0.3, 0.4) is 0 Å². The molecule has 1 aliphatic rings. The van der Waals surface area contributed by atoms with Crippen molar-refractivity contribution in [2.45, 2.75) is 41.2 Å². The van der Waals surface area contributed by atoms with Crippen LogP contribution in [0.2, 0.25) is 0 Å². The van der Waals surface area contributed by atoms with Crippen LogP contribution in [0.25, 0.3) is 0 Å². The Hall–Kier alpha value is 0.440. The number of hydrogen-bond donors (Lipinski definition) is 1. The quantitative estimate of drug-likeness (QED) is 0.883. The van der Waals surface area contributed by atoms with Crippen molar-refractivity contribution >= 4 is 49.1 Å². The van der Waals surface area contributed by atoms with Crippen LogP contribution in [-0.4, -0.2) is 26.0 Å². The summed E-state index contributed by atoms with van der Waals surface area (Å²) in [4.78, 5) is 0. The lowest BCUT2D eigenvalue weighted by atomic mass is 9.96. The van der Waals surface area contributed by atoms with Gasteiger partial charge in [-0.05, 0) is 52.9 Å². The van der Waals surface area contributed by atoms with Crippen molar-refractivity contribution in [1.29, 1.82) is 0 Å². The van der Waals surface area contributed by atoms with Gasteiger partial charge >= 0.3 is 0 Å². The van der Waals surface area contributed by atoms with Crippen LogP contribution in [0, 0.1) is 0 Å². The van der Waals surface area contributed by atoms with Gasteiger partial charge in [-0.25, -0.2) is 13.1 Å². The molecule has 1 saturated carbocycles. The first-order valence-electron chi connectivity index (χ1n) is 5.81. The zero-order valence-electron chi connectivity index (χ0n) is 10.1. The Morgan fingerprint density at radius 2 is 2.28 bits per heavy atom. The van der Waals surface area contributed by atoms with E-state index in [0.29, 0.717) is 13.9 Å². The molecule has 0 spiro atoms. The third-order valence-electron chi connectivity index (χ3n) is 3.11. The van der Waals surface area contributed by atoms with E-state index in [2.05, 4.69) is 26.9 Å². The average Bonchev–Trinajstić information content (AvgIpc) is 2.76. The number of thiophene rings is 1. The third kappa shape index (κ3) is 3.50. The van der Waals surface area contributed by atoms with Crippen molar-refractivity contribution < 1.29 is 8.42 Å². The van der Waals surface area contributed by atoms with Crippen molar-refractivity contribution in [3.8, 4) is 0 Å². The van der Waals surface area contributed by atoms with Gasteiger partial charge in [-0.3, -0.25) is 0 Å². The fraction of sp³-hybridized carbons (Fsp3) is 0.636. The highest BCUT2D eigenvalue weighted by molar-refractivity contribution is 9.10. The van der Waals surface area contributed by atoms with Gasteiger partial charge in [0.2, 0.25) is 0 Å². The second-order valence-corrected chi connectivity index (χ2v) is 9.22. The van der Waals surface area contributed by atoms with Crippen LogP contribution < -0.4 is 4.72 Å². The summed E-state index contributed by atoms with van der Waals surface area (Å²) >= 11 is 6.36. The van der Waals surface area contributed by atoms with Gasteiger partial charge in [-0.1, -0.05) is 6.42 Å². The molecule has 3 nitrogen and oxygen atoms in total. The molecule has 0 aromatic carbocycles. The van der Waals surface area contributed by atoms with Crippen LogP contribution in [0.1, 0.15) is 25.7 Å². The molecule has 7 heteroatoms. The Morgan fingerprint density at radius 1 is 1.50 bits per heavy atom. The highest BCUT2D eigenvalue weighted by atomic mass is 79.9. The van der Waals surface area contributed by atoms with E-state index in [-0.39, 0.29) is 6.04 Å². The lowest BCUT2D eigenvalue weighted by Crippen LogP contribution is -2.38. The third-order valence-corrected chi connectivity index (χ3v) is 8.40. The second-order valence-electron chi connectivity index (χ2n) is 4.40. The molecule has 0 saturated heterocycles. The maximum absolute atomic E-state index is 12.2. The molecule has 2 atom stereocenters. The second kappa shape index (κ2) is 6.26. The lowest BCUT2D eigenvalue weighted by Gasteiger charge is -2.28. The van der Waals surface area contributed by atoms with Gasteiger partial charge in [0.25, 0.3) is 10.0 Å². The lowest BCUT2D eigenvalue weighted by molar-refractivity contribution is 0.421. The van der Waals surface area contributed by atoms with Gasteiger partial charge < -0.3 is 0 Å². The number of sulfonamides is 1. The predicted molar refractivity (Wildman–Crippen MR) is 81.9 cm³/mol. The van der Waals surface area contributed by atoms with E-state index in [1.807, 2.05) is 11.8 Å². The Kier molecular flexibility index (Phi) is 5.16. The number of hydrogen-bond acceptors (Lipinski definition) is 4. The SMILES string of the molecule is CSC1CCCC(NS(=O)(=O)c2sccc2Br)C1. The molecule has 102 valence electrons. The first kappa shape index (κ1) is 14.8. The molecule has 0 radical (unpaired) electrons. The molecule has 0 aliphatic heterocycles. The van der Waals surface area contributed by atoms with Gasteiger partial charge in [0, 0.05) is 15.8 Å². The minimum absolute atomic E-state index is 0.0789. The summed E-state index contributed by atoms with van der Waals surface area (Å²) in [6.45, 7) is 0. The van der Waals surface area contributed by atoms with E-state index >= 15 is 0 Å². The van der Waals surface area contributed by atoms with Crippen LogP contribution in [0.15, 0.2) is 20.1 Å². The summed E-state index contributed by atoms with van der Waals surface area (Å²) in [5, 5.41) is 2.36. The van der Waals surface area contributed by atoms with Crippen LogP contribution in [0.4, 0.5) is 0 Å². The van der Waals surface area contributed by atoms with E-state index in [9.17, 15) is 8.42 Å². The average molecular weight is 370 g/mol. The van der Waals surface area contributed by atoms with Gasteiger partial charge in [-0.2, -0.15) is 11.8 Å². The number of nitrogens with one attached hydrogen (secondary N) is 1. The molecule has 1 N–H and O–H groups in total. The molecule has 0 bridgehead atoms. The summed E-state index contributed by atoms with van der Waals surface area (Å²) in [7, 11) is -3.37. The van der Waals surface area contributed by atoms with Gasteiger partial charge in [0.05, 0.1) is 0 Å². The smallest absolute Gasteiger partial charge is 0.207 e. The van der Waals surface area contributed by atoms with Crippen molar-refractivity contribution in [2.24, 2.45) is 0 Å². The van der Waals surface area contributed by atoms with Gasteiger partial charge in [0.15, 0.2) is 0 Å². The monoisotopic (exact) mass is 369 g/mol. The molecule has 1 aromatic heterocycles. The van der Waals surface area contributed by atoms with E-state index in [4.69, 9.17) is 0 Å². The first-order chi connectivity index (χ1) is 8.53. The highest BCUT2D eigenvalue weighted by Gasteiger charge is 2.27. The van der Waals surface area contributed by atoms with Crippen molar-refractivity contribution in [1.82, 2.24) is 4.72 Å². The van der Waals surface area contributed by atoms with Gasteiger partial charge in [-0.15, -0.1) is 11.3 Å². The summed E-state index contributed by atoms with van der Waals surface area (Å²) in [5.74, 6) is 0. The number of halogens is 1. The summed E-state index contributed by atoms with van der Waals surface area (Å²) < 4.78 is 28.4. The van der Waals surface area contributed by atoms with Crippen LogP contribution >= 0.6 is 39.0 Å². The minimum atomic E-state index is -3.37. The zero-order valence-corrected chi connectivity index (χ0v) is 14.1. The minimum Gasteiger partial charge on any atom is -0.207 e. The van der Waals surface area contributed by atoms with E-state index in [1.165, 1.54) is 17.8 Å². The maximum Gasteiger partial charge on any atom is 0.251 e. The van der Waals surface area contributed by atoms with Crippen molar-refractivity contribution in [3.63, 3.8) is 0 Å². The number of thioether (sulfide) groups is 1. The molecule has 2 unspecified atom stereocenters. The van der Waals surface area contributed by atoms with Gasteiger partial charge in [0.1, 0.15) is 4.21 Å². The maximum atomic E-state index is 12.2. The normalized spacial score (nSPS) is 25.2. The van der Waals surface area contributed by atoms with Crippen molar-refractivity contribution in [2.75, 3.05) is 6.26 Å². The van der Waals surface area contributed by atoms with E-state index in [0.717, 1.165) is 19.3 Å². The highest BCUT2D eigenvalue weighted by Crippen LogP contribution is 2.31. The van der Waals surface area contributed by atoms with E-state index < -0.39 is 10.0 Å². The first-order valence-corrected chi connectivity index (χ1v) is 10.3. The topological polar surface area (TPSA) is 46.2 Å². The van der Waals surface area contributed by atoms with Crippen molar-refractivity contribution in [3.05, 3.63) is 15.9 Å². The molecule has 1 heterocycles. The molecule has 2 rings (SSSR count). The number of rotatable bonds is 4. The Bertz CT molecular complexity index is 500. The largest absolute Gasteiger partial charge is 0.251 e. The summed E-state index contributed by atoms with van der Waals surface area (Å²) in [6, 6.07) is 1.85. The molecular formula is C11H16BrNO2S3. The molecule has 18 heavy (non-hydrogen) atoms. The molecule has 1 aromatic rings. The predicted octanol–water partition coefficient (Wildman–Crippen LogP) is 3.46. The fourth-order valence-corrected chi connectivity index (χ4v) is 6.68.